The number of hydrogen-bond acceptors (Lipinski definition) is 2. The lowest BCUT2D eigenvalue weighted by Gasteiger charge is -1.98. The fourth-order valence-corrected chi connectivity index (χ4v) is 0.785. The first-order valence-electron chi connectivity index (χ1n) is 3.43. The molecule has 1 rings (SSSR count). The molecule has 3 heteroatoms. The van der Waals surface area contributed by atoms with Crippen LogP contribution >= 0.6 is 0 Å². The molecule has 0 aromatic heterocycles. The third-order valence-electron chi connectivity index (χ3n) is 1.29. The van der Waals surface area contributed by atoms with Gasteiger partial charge in [0.25, 0.3) is 0 Å². The lowest BCUT2D eigenvalue weighted by Crippen LogP contribution is -2.07. The van der Waals surface area contributed by atoms with Crippen LogP contribution in [0.3, 0.4) is 0 Å². The summed E-state index contributed by atoms with van der Waals surface area (Å²) in [6.07, 6.45) is 1.24. The fraction of sp³-hybridized carbons (Fsp3) is 0.125. The highest BCUT2D eigenvalue weighted by atomic mass is 15.3. The Bertz CT molecular complexity index is 218. The van der Waals surface area contributed by atoms with E-state index < -0.39 is 0 Å². The summed E-state index contributed by atoms with van der Waals surface area (Å²) in [4.78, 5) is 0. The summed E-state index contributed by atoms with van der Waals surface area (Å²) in [6, 6.07) is 10.0. The van der Waals surface area contributed by atoms with Crippen LogP contribution in [0.15, 0.2) is 35.4 Å². The van der Waals surface area contributed by atoms with Crippen molar-refractivity contribution in [2.24, 2.45) is 10.8 Å². The normalized spacial score (nSPS) is 10.2. The first-order chi connectivity index (χ1) is 5.43. The molecule has 0 amide bonds. The van der Waals surface area contributed by atoms with Crippen LogP contribution in [0.5, 0.6) is 0 Å². The van der Waals surface area contributed by atoms with Crippen molar-refractivity contribution in [2.75, 3.05) is 0 Å². The molecular formula is C8H11N3. The van der Waals surface area contributed by atoms with E-state index in [9.17, 15) is 0 Å². The topological polar surface area (TPSA) is 50.4 Å². The molecule has 0 unspecified atom stereocenters. The molecule has 0 aliphatic rings. The van der Waals surface area contributed by atoms with Gasteiger partial charge in [0.2, 0.25) is 0 Å². The summed E-state index contributed by atoms with van der Waals surface area (Å²) < 4.78 is 0. The lowest BCUT2D eigenvalue weighted by molar-refractivity contribution is 0.747. The van der Waals surface area contributed by atoms with E-state index in [4.69, 9.17) is 5.73 Å². The Morgan fingerprint density at radius 1 is 1.36 bits per heavy atom. The Labute approximate surface area is 65.9 Å². The molecule has 3 N–H and O–H groups in total. The molecule has 0 heterocycles. The summed E-state index contributed by atoms with van der Waals surface area (Å²) in [7, 11) is 0. The SMILES string of the molecule is N/C=N/NCc1ccccc1. The highest BCUT2D eigenvalue weighted by Gasteiger charge is 1.85. The zero-order valence-electron chi connectivity index (χ0n) is 6.20. The smallest absolute Gasteiger partial charge is 0.106 e. The van der Waals surface area contributed by atoms with Gasteiger partial charge in [-0.2, -0.15) is 5.10 Å². The van der Waals surface area contributed by atoms with Crippen molar-refractivity contribution in [3.63, 3.8) is 0 Å². The number of hydrogen-bond donors (Lipinski definition) is 2. The van der Waals surface area contributed by atoms with Crippen molar-refractivity contribution in [3.8, 4) is 0 Å². The van der Waals surface area contributed by atoms with Gasteiger partial charge in [-0.05, 0) is 5.56 Å². The van der Waals surface area contributed by atoms with E-state index in [2.05, 4.69) is 10.5 Å². The number of nitrogens with one attached hydrogen (secondary N) is 1. The third kappa shape index (κ3) is 2.71. The summed E-state index contributed by atoms with van der Waals surface area (Å²) in [6.45, 7) is 0.717. The predicted molar refractivity (Wildman–Crippen MR) is 46.0 cm³/mol. The van der Waals surface area contributed by atoms with Crippen molar-refractivity contribution in [2.45, 2.75) is 6.54 Å². The second-order valence-corrected chi connectivity index (χ2v) is 2.10. The van der Waals surface area contributed by atoms with E-state index in [0.717, 1.165) is 0 Å². The Hall–Kier alpha value is -1.51. The summed E-state index contributed by atoms with van der Waals surface area (Å²) in [5.41, 5.74) is 9.03. The average Bonchev–Trinajstić information content (AvgIpc) is 2.07. The molecule has 0 aliphatic heterocycles. The van der Waals surface area contributed by atoms with Crippen LogP contribution in [0.1, 0.15) is 5.56 Å². The Morgan fingerprint density at radius 2 is 2.09 bits per heavy atom. The number of benzene rings is 1. The highest BCUT2D eigenvalue weighted by Crippen LogP contribution is 1.96. The van der Waals surface area contributed by atoms with Gasteiger partial charge in [-0.1, -0.05) is 30.3 Å². The van der Waals surface area contributed by atoms with Crippen molar-refractivity contribution < 1.29 is 0 Å². The first kappa shape index (κ1) is 7.60. The summed E-state index contributed by atoms with van der Waals surface area (Å²) >= 11 is 0. The Morgan fingerprint density at radius 3 is 2.73 bits per heavy atom. The van der Waals surface area contributed by atoms with Gasteiger partial charge in [0.05, 0.1) is 6.54 Å². The standard InChI is InChI=1S/C8H11N3/c9-7-11-10-6-8-4-2-1-3-5-8/h1-5,7,10H,6H2,(H2,9,11). The Kier molecular flexibility index (Phi) is 2.99. The maximum Gasteiger partial charge on any atom is 0.106 e. The molecule has 3 nitrogen and oxygen atoms in total. The second-order valence-electron chi connectivity index (χ2n) is 2.10. The minimum absolute atomic E-state index is 0.717. The van der Waals surface area contributed by atoms with E-state index >= 15 is 0 Å². The molecule has 0 aliphatic carbocycles. The van der Waals surface area contributed by atoms with Gasteiger partial charge < -0.3 is 11.2 Å². The molecule has 11 heavy (non-hydrogen) atoms. The predicted octanol–water partition coefficient (Wildman–Crippen LogP) is 0.678. The van der Waals surface area contributed by atoms with Crippen LogP contribution in [0.4, 0.5) is 0 Å². The number of rotatable bonds is 3. The minimum Gasteiger partial charge on any atom is -0.388 e. The second kappa shape index (κ2) is 4.33. The van der Waals surface area contributed by atoms with Crippen LogP contribution in [0.25, 0.3) is 0 Å². The fourth-order valence-electron chi connectivity index (χ4n) is 0.785. The quantitative estimate of drug-likeness (QED) is 0.377. The molecule has 0 spiro atoms. The van der Waals surface area contributed by atoms with E-state index in [1.807, 2.05) is 30.3 Å². The third-order valence-corrected chi connectivity index (χ3v) is 1.29. The van der Waals surface area contributed by atoms with Gasteiger partial charge >= 0.3 is 0 Å². The Balaban J connectivity index is 2.39. The molecule has 0 saturated heterocycles. The number of hydrazone groups is 1. The van der Waals surface area contributed by atoms with Crippen molar-refractivity contribution in [3.05, 3.63) is 35.9 Å². The van der Waals surface area contributed by atoms with E-state index in [-0.39, 0.29) is 0 Å². The van der Waals surface area contributed by atoms with Crippen molar-refractivity contribution in [1.82, 2.24) is 5.43 Å². The zero-order chi connectivity index (χ0) is 7.94. The van der Waals surface area contributed by atoms with Crippen molar-refractivity contribution >= 4 is 6.34 Å². The van der Waals surface area contributed by atoms with E-state index in [0.29, 0.717) is 6.54 Å². The van der Waals surface area contributed by atoms with Gasteiger partial charge in [-0.15, -0.1) is 0 Å². The maximum absolute atomic E-state index is 5.04. The molecule has 1 aromatic rings. The van der Waals surface area contributed by atoms with Gasteiger partial charge in [-0.25, -0.2) is 0 Å². The van der Waals surface area contributed by atoms with Crippen LogP contribution < -0.4 is 11.2 Å². The molecule has 0 fully saturated rings. The van der Waals surface area contributed by atoms with Crippen molar-refractivity contribution in [1.29, 1.82) is 0 Å². The highest BCUT2D eigenvalue weighted by molar-refractivity contribution is 5.50. The van der Waals surface area contributed by atoms with Crippen LogP contribution in [0, 0.1) is 0 Å². The summed E-state index contributed by atoms with van der Waals surface area (Å²) in [5.74, 6) is 0. The monoisotopic (exact) mass is 149 g/mol. The average molecular weight is 149 g/mol. The van der Waals surface area contributed by atoms with Gasteiger partial charge in [0, 0.05) is 0 Å². The minimum atomic E-state index is 0.717. The first-order valence-corrected chi connectivity index (χ1v) is 3.43. The lowest BCUT2D eigenvalue weighted by atomic mass is 10.2. The molecule has 1 aromatic carbocycles. The van der Waals surface area contributed by atoms with Crippen LogP contribution in [-0.2, 0) is 6.54 Å². The molecule has 0 bridgehead atoms. The van der Waals surface area contributed by atoms with E-state index in [1.54, 1.807) is 0 Å². The van der Waals surface area contributed by atoms with Gasteiger partial charge in [0.15, 0.2) is 0 Å². The molecule has 58 valence electrons. The maximum atomic E-state index is 5.04. The number of nitrogens with two attached hydrogens (primary N) is 1. The zero-order valence-corrected chi connectivity index (χ0v) is 6.20. The summed E-state index contributed by atoms with van der Waals surface area (Å²) in [5, 5.41) is 3.67. The number of nitrogens with zero attached hydrogens (tertiary/aromatic N) is 1. The molecule has 0 saturated carbocycles. The van der Waals surface area contributed by atoms with Gasteiger partial charge in [-0.3, -0.25) is 0 Å². The largest absolute Gasteiger partial charge is 0.388 e. The molecular weight excluding hydrogens is 138 g/mol. The molecule has 0 radical (unpaired) electrons. The van der Waals surface area contributed by atoms with Crippen LogP contribution in [-0.4, -0.2) is 6.34 Å². The van der Waals surface area contributed by atoms with E-state index in [1.165, 1.54) is 11.9 Å². The molecule has 0 atom stereocenters. The van der Waals surface area contributed by atoms with Gasteiger partial charge in [0.1, 0.15) is 6.34 Å². The van der Waals surface area contributed by atoms with Crippen LogP contribution in [0.2, 0.25) is 0 Å².